The first-order valence-corrected chi connectivity index (χ1v) is 9.66. The van der Waals surface area contributed by atoms with Gasteiger partial charge in [-0.15, -0.1) is 0 Å². The van der Waals surface area contributed by atoms with Crippen molar-refractivity contribution >= 4 is 23.5 Å². The molecule has 7 heteroatoms. The van der Waals surface area contributed by atoms with Crippen LogP contribution in [0.4, 0.5) is 10.5 Å². The van der Waals surface area contributed by atoms with Gasteiger partial charge in [-0.05, 0) is 38.8 Å². The van der Waals surface area contributed by atoms with E-state index < -0.39 is 18.0 Å². The van der Waals surface area contributed by atoms with Crippen LogP contribution in [0.3, 0.4) is 0 Å². The van der Waals surface area contributed by atoms with Crippen LogP contribution in [0.1, 0.15) is 35.2 Å². The van der Waals surface area contributed by atoms with E-state index in [9.17, 15) is 14.4 Å². The number of nitrogens with two attached hydrogens (primary N) is 1. The van der Waals surface area contributed by atoms with Crippen LogP contribution in [0.5, 0.6) is 0 Å². The number of carbonyl (C=O) groups is 3. The molecule has 0 heterocycles. The van der Waals surface area contributed by atoms with Crippen molar-refractivity contribution in [2.75, 3.05) is 18.4 Å². The molecule has 0 aliphatic heterocycles. The van der Waals surface area contributed by atoms with Gasteiger partial charge < -0.3 is 16.0 Å². The van der Waals surface area contributed by atoms with E-state index >= 15 is 0 Å². The van der Waals surface area contributed by atoms with Gasteiger partial charge in [0.2, 0.25) is 0 Å². The summed E-state index contributed by atoms with van der Waals surface area (Å²) in [6.45, 7) is 8.13. The highest BCUT2D eigenvalue weighted by atomic mass is 16.2. The summed E-state index contributed by atoms with van der Waals surface area (Å²) in [5.74, 6) is -0.690. The summed E-state index contributed by atoms with van der Waals surface area (Å²) in [6, 6.07) is 11.8. The Balaban J connectivity index is 2.08. The number of benzene rings is 2. The van der Waals surface area contributed by atoms with Crippen LogP contribution < -0.4 is 21.3 Å². The van der Waals surface area contributed by atoms with Crippen molar-refractivity contribution in [2.24, 2.45) is 0 Å². The number of hydrogen-bond acceptors (Lipinski definition) is 3. The van der Waals surface area contributed by atoms with Crippen LogP contribution in [0, 0.1) is 20.8 Å². The summed E-state index contributed by atoms with van der Waals surface area (Å²) in [4.78, 5) is 36.9. The number of amides is 4. The SMILES string of the molecule is CCNC(=O)NC(=O)[C@@H]([NH2+]CC(=O)Nc1c(C)cc(C)cc1C)c1ccccc1. The van der Waals surface area contributed by atoms with E-state index in [4.69, 9.17) is 0 Å². The number of urea groups is 1. The van der Waals surface area contributed by atoms with Gasteiger partial charge in [0.25, 0.3) is 11.8 Å². The fraction of sp³-hybridized carbons (Fsp3) is 0.318. The van der Waals surface area contributed by atoms with Gasteiger partial charge in [-0.2, -0.15) is 0 Å². The maximum absolute atomic E-state index is 12.6. The van der Waals surface area contributed by atoms with Crippen LogP contribution in [0.25, 0.3) is 0 Å². The van der Waals surface area contributed by atoms with Gasteiger partial charge in [-0.1, -0.05) is 48.0 Å². The Morgan fingerprint density at radius 2 is 1.62 bits per heavy atom. The summed E-state index contributed by atoms with van der Waals surface area (Å²) in [6.07, 6.45) is 0. The topological polar surface area (TPSA) is 104 Å². The largest absolute Gasteiger partial charge is 0.338 e. The van der Waals surface area contributed by atoms with Crippen molar-refractivity contribution in [3.8, 4) is 0 Å². The molecule has 1 atom stereocenters. The molecule has 4 amide bonds. The summed E-state index contributed by atoms with van der Waals surface area (Å²) in [5.41, 5.74) is 4.62. The van der Waals surface area contributed by atoms with Crippen LogP contribution in [-0.4, -0.2) is 30.9 Å². The Labute approximate surface area is 171 Å². The number of anilines is 1. The van der Waals surface area contributed by atoms with Crippen LogP contribution in [0.15, 0.2) is 42.5 Å². The first-order chi connectivity index (χ1) is 13.8. The van der Waals surface area contributed by atoms with Crippen molar-refractivity contribution in [1.82, 2.24) is 10.6 Å². The third kappa shape index (κ3) is 6.43. The molecule has 0 unspecified atom stereocenters. The minimum absolute atomic E-state index is 0.0368. The normalized spacial score (nSPS) is 11.4. The third-order valence-electron chi connectivity index (χ3n) is 4.50. The van der Waals surface area contributed by atoms with E-state index in [-0.39, 0.29) is 12.5 Å². The molecule has 5 N–H and O–H groups in total. The van der Waals surface area contributed by atoms with Crippen LogP contribution in [-0.2, 0) is 9.59 Å². The van der Waals surface area contributed by atoms with Crippen molar-refractivity contribution in [1.29, 1.82) is 0 Å². The van der Waals surface area contributed by atoms with Crippen LogP contribution in [0.2, 0.25) is 0 Å². The lowest BCUT2D eigenvalue weighted by molar-refractivity contribution is -0.672. The molecule has 0 aliphatic rings. The summed E-state index contributed by atoms with van der Waals surface area (Å²) in [5, 5.41) is 9.41. The molecule has 0 saturated carbocycles. The van der Waals surface area contributed by atoms with Crippen molar-refractivity contribution in [3.05, 3.63) is 64.7 Å². The van der Waals surface area contributed by atoms with Crippen LogP contribution >= 0.6 is 0 Å². The molecule has 154 valence electrons. The van der Waals surface area contributed by atoms with E-state index in [1.54, 1.807) is 24.4 Å². The molecule has 29 heavy (non-hydrogen) atoms. The highest BCUT2D eigenvalue weighted by Crippen LogP contribution is 2.21. The molecule has 7 nitrogen and oxygen atoms in total. The molecule has 0 aliphatic carbocycles. The molecular weight excluding hydrogens is 368 g/mol. The van der Waals surface area contributed by atoms with E-state index in [2.05, 4.69) is 16.0 Å². The maximum Gasteiger partial charge on any atom is 0.321 e. The highest BCUT2D eigenvalue weighted by molar-refractivity contribution is 5.97. The molecule has 0 spiro atoms. The number of imide groups is 1. The molecule has 0 saturated heterocycles. The lowest BCUT2D eigenvalue weighted by atomic mass is 10.0. The van der Waals surface area contributed by atoms with Crippen molar-refractivity contribution in [2.45, 2.75) is 33.7 Å². The molecule has 0 aromatic heterocycles. The molecule has 2 rings (SSSR count). The van der Waals surface area contributed by atoms with E-state index in [0.29, 0.717) is 12.1 Å². The average molecular weight is 397 g/mol. The standard InChI is InChI=1S/C22H28N4O3/c1-5-23-22(29)26-21(28)20(17-9-7-6-8-10-17)24-13-18(27)25-19-15(3)11-14(2)12-16(19)4/h6-12,20,24H,5,13H2,1-4H3,(H,25,27)(H2,23,26,28,29)/p+1/t20-/m0/s1. The smallest absolute Gasteiger partial charge is 0.321 e. The highest BCUT2D eigenvalue weighted by Gasteiger charge is 2.26. The summed E-state index contributed by atoms with van der Waals surface area (Å²) in [7, 11) is 0. The first kappa shape index (κ1) is 22.1. The van der Waals surface area contributed by atoms with Gasteiger partial charge in [0.1, 0.15) is 0 Å². The second-order valence-electron chi connectivity index (χ2n) is 7.00. The first-order valence-electron chi connectivity index (χ1n) is 9.66. The quantitative estimate of drug-likeness (QED) is 0.572. The molecule has 0 fully saturated rings. The summed E-state index contributed by atoms with van der Waals surface area (Å²) < 4.78 is 0. The van der Waals surface area contributed by atoms with E-state index in [0.717, 1.165) is 22.4 Å². The Morgan fingerprint density at radius 1 is 1.00 bits per heavy atom. The van der Waals surface area contributed by atoms with Gasteiger partial charge in [-0.3, -0.25) is 14.9 Å². The van der Waals surface area contributed by atoms with E-state index in [1.807, 2.05) is 51.1 Å². The average Bonchev–Trinajstić information content (AvgIpc) is 2.65. The molecular formula is C22H29N4O3+. The number of aryl methyl sites for hydroxylation is 3. The number of carbonyl (C=O) groups excluding carboxylic acids is 3. The predicted molar refractivity (Wildman–Crippen MR) is 112 cm³/mol. The fourth-order valence-corrected chi connectivity index (χ4v) is 3.24. The number of nitrogens with one attached hydrogen (secondary N) is 3. The third-order valence-corrected chi connectivity index (χ3v) is 4.50. The van der Waals surface area contributed by atoms with Crippen molar-refractivity contribution < 1.29 is 19.7 Å². The molecule has 0 bridgehead atoms. The van der Waals surface area contributed by atoms with Gasteiger partial charge >= 0.3 is 6.03 Å². The van der Waals surface area contributed by atoms with Gasteiger partial charge in [-0.25, -0.2) is 4.79 Å². The monoisotopic (exact) mass is 397 g/mol. The van der Waals surface area contributed by atoms with Crippen molar-refractivity contribution in [3.63, 3.8) is 0 Å². The Bertz CT molecular complexity index is 858. The minimum Gasteiger partial charge on any atom is -0.338 e. The van der Waals surface area contributed by atoms with E-state index in [1.165, 1.54) is 0 Å². The number of hydrogen-bond donors (Lipinski definition) is 4. The Morgan fingerprint density at radius 3 is 2.21 bits per heavy atom. The lowest BCUT2D eigenvalue weighted by Crippen LogP contribution is -2.89. The van der Waals surface area contributed by atoms with Gasteiger partial charge in [0.15, 0.2) is 12.6 Å². The van der Waals surface area contributed by atoms with Gasteiger partial charge in [0.05, 0.1) is 0 Å². The Hall–Kier alpha value is -3.19. The lowest BCUT2D eigenvalue weighted by Gasteiger charge is -2.16. The molecule has 0 radical (unpaired) electrons. The second-order valence-corrected chi connectivity index (χ2v) is 7.00. The molecule has 2 aromatic rings. The zero-order chi connectivity index (χ0) is 21.4. The number of rotatable bonds is 7. The Kier molecular flexibility index (Phi) is 7.91. The number of quaternary nitrogens is 1. The summed E-state index contributed by atoms with van der Waals surface area (Å²) >= 11 is 0. The minimum atomic E-state index is -0.718. The zero-order valence-corrected chi connectivity index (χ0v) is 17.3. The zero-order valence-electron chi connectivity index (χ0n) is 17.3. The molecule has 2 aromatic carbocycles. The fourth-order valence-electron chi connectivity index (χ4n) is 3.24. The predicted octanol–water partition coefficient (Wildman–Crippen LogP) is 1.70. The second kappa shape index (κ2) is 10.4. The van der Waals surface area contributed by atoms with Gasteiger partial charge in [0, 0.05) is 17.8 Å². The maximum atomic E-state index is 12.6.